The maximum atomic E-state index is 12.9. The van der Waals surface area contributed by atoms with Crippen LogP contribution >= 0.6 is 22.6 Å². The summed E-state index contributed by atoms with van der Waals surface area (Å²) in [5, 5.41) is 10.8. The summed E-state index contributed by atoms with van der Waals surface area (Å²) in [6.07, 6.45) is 2.25. The molecule has 0 aromatic heterocycles. The molecule has 0 unspecified atom stereocenters. The zero-order valence-electron chi connectivity index (χ0n) is 15.4. The molecule has 1 fully saturated rings. The molecule has 0 radical (unpaired) electrons. The Morgan fingerprint density at radius 1 is 1.17 bits per heavy atom. The predicted molar refractivity (Wildman–Crippen MR) is 115 cm³/mol. The van der Waals surface area contributed by atoms with E-state index in [0.717, 1.165) is 20.5 Å². The minimum absolute atomic E-state index is 0.0782. The number of hydrogen-bond acceptors (Lipinski definition) is 5. The molecule has 4 amide bonds. The Kier molecular flexibility index (Phi) is 6.29. The molecule has 0 spiro atoms. The van der Waals surface area contributed by atoms with E-state index >= 15 is 0 Å². The Balaban J connectivity index is 1.92. The molecule has 0 atom stereocenters. The van der Waals surface area contributed by atoms with Crippen LogP contribution in [-0.2, 0) is 16.0 Å². The fraction of sp³-hybridized carbons (Fsp3) is 0.143. The minimum Gasteiger partial charge on any atom is -0.478 e. The summed E-state index contributed by atoms with van der Waals surface area (Å²) in [6, 6.07) is 13.2. The molecule has 1 N–H and O–H groups in total. The number of barbiturate groups is 1. The van der Waals surface area contributed by atoms with E-state index in [2.05, 4.69) is 5.32 Å². The molecule has 0 aliphatic carbocycles. The fourth-order valence-electron chi connectivity index (χ4n) is 2.77. The molecule has 3 rings (SSSR count). The molecule has 1 aliphatic rings. The highest BCUT2D eigenvalue weighted by Crippen LogP contribution is 2.26. The van der Waals surface area contributed by atoms with E-state index in [1.165, 1.54) is 6.08 Å². The van der Waals surface area contributed by atoms with Gasteiger partial charge in [-0.3, -0.25) is 14.9 Å². The van der Waals surface area contributed by atoms with Gasteiger partial charge in [0.15, 0.2) is 6.61 Å². The molecule has 0 bridgehead atoms. The molecule has 146 valence electrons. The van der Waals surface area contributed by atoms with Gasteiger partial charge in [0.05, 0.1) is 9.26 Å². The Morgan fingerprint density at radius 2 is 1.90 bits per heavy atom. The van der Waals surface area contributed by atoms with Gasteiger partial charge in [-0.2, -0.15) is 5.26 Å². The number of nitrogens with zero attached hydrogens (tertiary/aromatic N) is 2. The lowest BCUT2D eigenvalue weighted by Crippen LogP contribution is -2.54. The normalized spacial score (nSPS) is 15.3. The summed E-state index contributed by atoms with van der Waals surface area (Å²) in [5.74, 6) is -0.911. The standard InChI is InChI=1S/C21H16IN3O4/c1-2-13-3-6-15(7-4-13)25-20(27)16(19(26)24-21(25)28)11-14-5-8-18(17(22)12-14)29-10-9-23/h3-8,11-12H,2,10H2,1H3,(H,24,26,28)/b16-11-. The first-order valence-electron chi connectivity index (χ1n) is 8.74. The van der Waals surface area contributed by atoms with Crippen LogP contribution in [0.4, 0.5) is 10.5 Å². The van der Waals surface area contributed by atoms with Crippen molar-refractivity contribution in [1.82, 2.24) is 5.32 Å². The molecule has 1 aliphatic heterocycles. The third-order valence-corrected chi connectivity index (χ3v) is 5.11. The number of urea groups is 1. The van der Waals surface area contributed by atoms with E-state index in [9.17, 15) is 14.4 Å². The minimum atomic E-state index is -0.781. The highest BCUT2D eigenvalue weighted by Gasteiger charge is 2.36. The number of halogens is 1. The van der Waals surface area contributed by atoms with Crippen molar-refractivity contribution in [3.8, 4) is 11.8 Å². The number of imide groups is 2. The summed E-state index contributed by atoms with van der Waals surface area (Å²) in [7, 11) is 0. The van der Waals surface area contributed by atoms with Gasteiger partial charge in [-0.05, 0) is 70.5 Å². The smallest absolute Gasteiger partial charge is 0.335 e. The number of anilines is 1. The quantitative estimate of drug-likeness (QED) is 0.385. The van der Waals surface area contributed by atoms with Gasteiger partial charge in [0.1, 0.15) is 17.4 Å². The van der Waals surface area contributed by atoms with Crippen LogP contribution < -0.4 is 15.0 Å². The van der Waals surface area contributed by atoms with Crippen molar-refractivity contribution in [3.05, 3.63) is 62.7 Å². The van der Waals surface area contributed by atoms with Crippen LogP contribution in [0.5, 0.6) is 5.75 Å². The van der Waals surface area contributed by atoms with E-state index < -0.39 is 17.8 Å². The Labute approximate surface area is 181 Å². The van der Waals surface area contributed by atoms with Crippen LogP contribution in [0.2, 0.25) is 0 Å². The summed E-state index contributed by atoms with van der Waals surface area (Å²) >= 11 is 2.04. The number of hydrogen-bond donors (Lipinski definition) is 1. The highest BCUT2D eigenvalue weighted by molar-refractivity contribution is 14.1. The van der Waals surface area contributed by atoms with Crippen molar-refractivity contribution >= 4 is 52.2 Å². The number of rotatable bonds is 5. The first-order valence-corrected chi connectivity index (χ1v) is 9.82. The van der Waals surface area contributed by atoms with Crippen LogP contribution in [-0.4, -0.2) is 24.5 Å². The van der Waals surface area contributed by atoms with E-state index in [1.54, 1.807) is 30.3 Å². The number of ether oxygens (including phenoxy) is 1. The molecule has 1 heterocycles. The predicted octanol–water partition coefficient (Wildman–Crippen LogP) is 3.42. The van der Waals surface area contributed by atoms with Crippen LogP contribution in [0, 0.1) is 14.9 Å². The van der Waals surface area contributed by atoms with Crippen LogP contribution in [0.3, 0.4) is 0 Å². The molecule has 2 aromatic rings. The summed E-state index contributed by atoms with van der Waals surface area (Å²) in [5.41, 5.74) is 1.90. The van der Waals surface area contributed by atoms with Gasteiger partial charge in [-0.25, -0.2) is 9.69 Å². The number of carbonyl (C=O) groups is 3. The first kappa shape index (κ1) is 20.5. The SMILES string of the molecule is CCc1ccc(N2C(=O)NC(=O)/C(=C/c3ccc(OCC#N)c(I)c3)C2=O)cc1. The van der Waals surface area contributed by atoms with Crippen molar-refractivity contribution < 1.29 is 19.1 Å². The maximum absolute atomic E-state index is 12.9. The Hall–Kier alpha value is -3.19. The topological polar surface area (TPSA) is 99.5 Å². The molecule has 7 nitrogen and oxygen atoms in total. The molecule has 2 aromatic carbocycles. The number of aryl methyl sites for hydroxylation is 1. The lowest BCUT2D eigenvalue weighted by atomic mass is 10.1. The molecule has 29 heavy (non-hydrogen) atoms. The summed E-state index contributed by atoms with van der Waals surface area (Å²) < 4.78 is 6.01. The van der Waals surface area contributed by atoms with Gasteiger partial charge >= 0.3 is 6.03 Å². The van der Waals surface area contributed by atoms with Crippen LogP contribution in [0.15, 0.2) is 48.0 Å². The van der Waals surface area contributed by atoms with Crippen LogP contribution in [0.25, 0.3) is 6.08 Å². The molecule has 0 saturated carbocycles. The lowest BCUT2D eigenvalue weighted by molar-refractivity contribution is -0.122. The molecular formula is C21H16IN3O4. The second kappa shape index (κ2) is 8.87. The van der Waals surface area contributed by atoms with Crippen molar-refractivity contribution in [2.24, 2.45) is 0 Å². The van der Waals surface area contributed by atoms with E-state index in [0.29, 0.717) is 17.0 Å². The van der Waals surface area contributed by atoms with Crippen LogP contribution in [0.1, 0.15) is 18.1 Å². The molecular weight excluding hydrogens is 485 g/mol. The zero-order chi connectivity index (χ0) is 21.0. The van der Waals surface area contributed by atoms with Crippen molar-refractivity contribution in [2.75, 3.05) is 11.5 Å². The number of nitrogens with one attached hydrogen (secondary N) is 1. The van der Waals surface area contributed by atoms with Crippen molar-refractivity contribution in [1.29, 1.82) is 5.26 Å². The largest absolute Gasteiger partial charge is 0.478 e. The first-order chi connectivity index (χ1) is 13.9. The average molecular weight is 501 g/mol. The molecule has 1 saturated heterocycles. The summed E-state index contributed by atoms with van der Waals surface area (Å²) in [4.78, 5) is 38.4. The second-order valence-corrected chi connectivity index (χ2v) is 7.28. The Morgan fingerprint density at radius 3 is 2.52 bits per heavy atom. The summed E-state index contributed by atoms with van der Waals surface area (Å²) in [6.45, 7) is 1.93. The highest BCUT2D eigenvalue weighted by atomic mass is 127. The van der Waals surface area contributed by atoms with E-state index in [-0.39, 0.29) is 12.2 Å². The zero-order valence-corrected chi connectivity index (χ0v) is 17.6. The number of benzene rings is 2. The van der Waals surface area contributed by atoms with Gasteiger partial charge in [0, 0.05) is 0 Å². The Bertz CT molecular complexity index is 1050. The third kappa shape index (κ3) is 4.46. The second-order valence-electron chi connectivity index (χ2n) is 6.11. The monoisotopic (exact) mass is 501 g/mol. The fourth-order valence-corrected chi connectivity index (χ4v) is 3.47. The van der Waals surface area contributed by atoms with E-state index in [1.807, 2.05) is 47.7 Å². The van der Waals surface area contributed by atoms with Crippen molar-refractivity contribution in [3.63, 3.8) is 0 Å². The number of carbonyl (C=O) groups excluding carboxylic acids is 3. The maximum Gasteiger partial charge on any atom is 0.335 e. The van der Waals surface area contributed by atoms with Gasteiger partial charge in [-0.1, -0.05) is 25.1 Å². The van der Waals surface area contributed by atoms with Gasteiger partial charge < -0.3 is 4.74 Å². The van der Waals surface area contributed by atoms with Gasteiger partial charge in [0.25, 0.3) is 11.8 Å². The molecule has 8 heteroatoms. The van der Waals surface area contributed by atoms with Gasteiger partial charge in [0.2, 0.25) is 0 Å². The average Bonchev–Trinajstić information content (AvgIpc) is 2.71. The lowest BCUT2D eigenvalue weighted by Gasteiger charge is -2.26. The van der Waals surface area contributed by atoms with Crippen molar-refractivity contribution in [2.45, 2.75) is 13.3 Å². The third-order valence-electron chi connectivity index (χ3n) is 4.26. The number of nitriles is 1. The van der Waals surface area contributed by atoms with E-state index in [4.69, 9.17) is 10.00 Å². The van der Waals surface area contributed by atoms with Gasteiger partial charge in [-0.15, -0.1) is 0 Å². The number of amides is 4.